The Morgan fingerprint density at radius 2 is 2.12 bits per heavy atom. The van der Waals surface area contributed by atoms with E-state index in [1.807, 2.05) is 4.90 Å². The number of hydrogen-bond acceptors (Lipinski definition) is 3. The van der Waals surface area contributed by atoms with E-state index in [1.54, 1.807) is 19.1 Å². The molecule has 4 atom stereocenters. The van der Waals surface area contributed by atoms with Crippen LogP contribution in [-0.4, -0.2) is 40.6 Å². The highest BCUT2D eigenvalue weighted by Crippen LogP contribution is 2.48. The molecule has 4 nitrogen and oxygen atoms in total. The summed E-state index contributed by atoms with van der Waals surface area (Å²) in [5, 5.41) is 10.6. The molecule has 0 unspecified atom stereocenters. The van der Waals surface area contributed by atoms with Crippen molar-refractivity contribution in [1.29, 1.82) is 0 Å². The molecule has 5 heteroatoms. The van der Waals surface area contributed by atoms with E-state index >= 15 is 0 Å². The first kappa shape index (κ1) is 17.4. The Kier molecular flexibility index (Phi) is 4.67. The summed E-state index contributed by atoms with van der Waals surface area (Å²) in [6, 6.07) is 4.48. The fourth-order valence-corrected chi connectivity index (χ4v) is 4.53. The standard InChI is InChI=1S/C19H27FN2O2/c1-12-7-8-13(9-15(12)20)18(24)22-14(11-21)10-19(2)16(22)5-3-4-6-17(19)23/h7-9,14,16-17,23H,3-6,10-11,21H2,1-2H3/t14-,16-,17-,19-/m1/s1. The number of likely N-dealkylation sites (tertiary alicyclic amines) is 1. The molecule has 24 heavy (non-hydrogen) atoms. The monoisotopic (exact) mass is 334 g/mol. The number of rotatable bonds is 2. The lowest BCUT2D eigenvalue weighted by atomic mass is 9.75. The second-order valence-electron chi connectivity index (χ2n) is 7.59. The van der Waals surface area contributed by atoms with Crippen LogP contribution in [0.4, 0.5) is 4.39 Å². The highest BCUT2D eigenvalue weighted by Gasteiger charge is 2.54. The predicted molar refractivity (Wildman–Crippen MR) is 91.1 cm³/mol. The van der Waals surface area contributed by atoms with Crippen molar-refractivity contribution in [3.05, 3.63) is 35.1 Å². The van der Waals surface area contributed by atoms with Crippen LogP contribution >= 0.6 is 0 Å². The van der Waals surface area contributed by atoms with Crippen LogP contribution in [0.3, 0.4) is 0 Å². The molecule has 0 radical (unpaired) electrons. The molecule has 2 aliphatic rings. The Morgan fingerprint density at radius 3 is 2.79 bits per heavy atom. The fourth-order valence-electron chi connectivity index (χ4n) is 4.53. The lowest BCUT2D eigenvalue weighted by molar-refractivity contribution is 0.0121. The van der Waals surface area contributed by atoms with Crippen LogP contribution in [-0.2, 0) is 0 Å². The van der Waals surface area contributed by atoms with Gasteiger partial charge in [0, 0.05) is 29.6 Å². The van der Waals surface area contributed by atoms with Crippen molar-refractivity contribution < 1.29 is 14.3 Å². The third-order valence-corrected chi connectivity index (χ3v) is 6.06. The number of nitrogens with zero attached hydrogens (tertiary/aromatic N) is 1. The first-order valence-corrected chi connectivity index (χ1v) is 8.85. The number of aliphatic hydroxyl groups excluding tert-OH is 1. The molecule has 132 valence electrons. The zero-order valence-electron chi connectivity index (χ0n) is 14.5. The van der Waals surface area contributed by atoms with Crippen molar-refractivity contribution in [2.24, 2.45) is 11.1 Å². The second-order valence-corrected chi connectivity index (χ2v) is 7.59. The van der Waals surface area contributed by atoms with E-state index in [1.165, 1.54) is 6.07 Å². The van der Waals surface area contributed by atoms with Crippen LogP contribution in [0.2, 0.25) is 0 Å². The zero-order chi connectivity index (χ0) is 17.5. The molecule has 0 bridgehead atoms. The number of hydrogen-bond donors (Lipinski definition) is 2. The average Bonchev–Trinajstić information content (AvgIpc) is 2.78. The van der Waals surface area contributed by atoms with Gasteiger partial charge in [-0.25, -0.2) is 4.39 Å². The minimum absolute atomic E-state index is 0.0413. The highest BCUT2D eigenvalue weighted by atomic mass is 19.1. The van der Waals surface area contributed by atoms with Gasteiger partial charge in [-0.1, -0.05) is 25.8 Å². The zero-order valence-corrected chi connectivity index (χ0v) is 14.5. The van der Waals surface area contributed by atoms with Gasteiger partial charge in [-0.15, -0.1) is 0 Å². The maximum Gasteiger partial charge on any atom is 0.254 e. The Balaban J connectivity index is 1.97. The second kappa shape index (κ2) is 6.45. The van der Waals surface area contributed by atoms with Gasteiger partial charge in [0.05, 0.1) is 6.10 Å². The minimum atomic E-state index is -0.424. The number of carbonyl (C=O) groups excluding carboxylic acids is 1. The molecule has 3 rings (SSSR count). The fraction of sp³-hybridized carbons (Fsp3) is 0.632. The van der Waals surface area contributed by atoms with Gasteiger partial charge in [-0.2, -0.15) is 0 Å². The summed E-state index contributed by atoms with van der Waals surface area (Å²) in [7, 11) is 0. The molecule has 1 amide bonds. The van der Waals surface area contributed by atoms with Crippen LogP contribution in [0.1, 0.15) is 54.9 Å². The van der Waals surface area contributed by atoms with E-state index in [-0.39, 0.29) is 29.2 Å². The molecule has 1 aliphatic carbocycles. The van der Waals surface area contributed by atoms with E-state index < -0.39 is 6.10 Å². The van der Waals surface area contributed by atoms with E-state index in [4.69, 9.17) is 5.73 Å². The first-order chi connectivity index (χ1) is 11.4. The number of fused-ring (bicyclic) bond motifs is 1. The molecule has 1 saturated heterocycles. The van der Waals surface area contributed by atoms with Crippen LogP contribution in [0.5, 0.6) is 0 Å². The Morgan fingerprint density at radius 1 is 1.42 bits per heavy atom. The third-order valence-electron chi connectivity index (χ3n) is 6.06. The summed E-state index contributed by atoms with van der Waals surface area (Å²) >= 11 is 0. The van der Waals surface area contributed by atoms with Gasteiger partial charge in [0.1, 0.15) is 5.82 Å². The normalized spacial score (nSPS) is 33.2. The van der Waals surface area contributed by atoms with Crippen molar-refractivity contribution in [3.63, 3.8) is 0 Å². The van der Waals surface area contributed by atoms with Crippen LogP contribution in [0, 0.1) is 18.2 Å². The molecule has 1 aliphatic heterocycles. The number of benzene rings is 1. The van der Waals surface area contributed by atoms with Crippen molar-refractivity contribution in [3.8, 4) is 0 Å². The molecule has 1 aromatic carbocycles. The molecular weight excluding hydrogens is 307 g/mol. The number of aliphatic hydroxyl groups is 1. The quantitative estimate of drug-likeness (QED) is 0.874. The maximum absolute atomic E-state index is 13.9. The average molecular weight is 334 g/mol. The van der Waals surface area contributed by atoms with E-state index in [9.17, 15) is 14.3 Å². The van der Waals surface area contributed by atoms with Gasteiger partial charge in [0.15, 0.2) is 0 Å². The number of aryl methyl sites for hydroxylation is 1. The van der Waals surface area contributed by atoms with Crippen LogP contribution in [0.25, 0.3) is 0 Å². The lowest BCUT2D eigenvalue weighted by Gasteiger charge is -2.37. The highest BCUT2D eigenvalue weighted by molar-refractivity contribution is 5.95. The maximum atomic E-state index is 13.9. The summed E-state index contributed by atoms with van der Waals surface area (Å²) < 4.78 is 13.9. The van der Waals surface area contributed by atoms with Crippen molar-refractivity contribution in [1.82, 2.24) is 4.90 Å². The van der Waals surface area contributed by atoms with Gasteiger partial charge < -0.3 is 15.7 Å². The van der Waals surface area contributed by atoms with Crippen molar-refractivity contribution in [2.75, 3.05) is 6.54 Å². The van der Waals surface area contributed by atoms with Gasteiger partial charge in [0.2, 0.25) is 0 Å². The van der Waals surface area contributed by atoms with Gasteiger partial charge in [0.25, 0.3) is 5.91 Å². The molecule has 1 heterocycles. The molecule has 0 aromatic heterocycles. The number of halogens is 1. The number of amides is 1. The predicted octanol–water partition coefficient (Wildman–Crippen LogP) is 2.62. The summed E-state index contributed by atoms with van der Waals surface area (Å²) in [6.07, 6.45) is 3.87. The summed E-state index contributed by atoms with van der Waals surface area (Å²) in [4.78, 5) is 14.9. The topological polar surface area (TPSA) is 66.6 Å². The summed E-state index contributed by atoms with van der Waals surface area (Å²) in [6.45, 7) is 4.11. The summed E-state index contributed by atoms with van der Waals surface area (Å²) in [5.74, 6) is -0.541. The summed E-state index contributed by atoms with van der Waals surface area (Å²) in [5.41, 5.74) is 6.49. The number of nitrogens with two attached hydrogens (primary N) is 1. The molecule has 2 fully saturated rings. The van der Waals surface area contributed by atoms with Gasteiger partial charge in [-0.3, -0.25) is 4.79 Å². The van der Waals surface area contributed by atoms with Crippen LogP contribution < -0.4 is 5.73 Å². The molecule has 3 N–H and O–H groups in total. The molecular formula is C19H27FN2O2. The van der Waals surface area contributed by atoms with Crippen LogP contribution in [0.15, 0.2) is 18.2 Å². The van der Waals surface area contributed by atoms with Gasteiger partial charge >= 0.3 is 0 Å². The largest absolute Gasteiger partial charge is 0.392 e. The Labute approximate surface area is 142 Å². The minimum Gasteiger partial charge on any atom is -0.392 e. The van der Waals surface area contributed by atoms with E-state index in [0.29, 0.717) is 24.1 Å². The molecule has 1 aromatic rings. The molecule has 0 spiro atoms. The first-order valence-electron chi connectivity index (χ1n) is 8.85. The van der Waals surface area contributed by atoms with Crippen molar-refractivity contribution in [2.45, 2.75) is 64.1 Å². The lowest BCUT2D eigenvalue weighted by Crippen LogP contribution is -2.48. The van der Waals surface area contributed by atoms with Gasteiger partial charge in [-0.05, 0) is 43.9 Å². The number of carbonyl (C=O) groups is 1. The Bertz CT molecular complexity index is 636. The Hall–Kier alpha value is -1.46. The molecule has 1 saturated carbocycles. The third kappa shape index (κ3) is 2.74. The van der Waals surface area contributed by atoms with E-state index in [2.05, 4.69) is 6.92 Å². The van der Waals surface area contributed by atoms with E-state index in [0.717, 1.165) is 25.7 Å². The SMILES string of the molecule is Cc1ccc(C(=O)N2[C@@H](CN)C[C@@]3(C)[C@H](O)CCCC[C@@H]23)cc1F. The van der Waals surface area contributed by atoms with Crippen molar-refractivity contribution >= 4 is 5.91 Å². The smallest absolute Gasteiger partial charge is 0.254 e.